The molecule has 1 aliphatic heterocycles. The quantitative estimate of drug-likeness (QED) is 0.689. The highest BCUT2D eigenvalue weighted by atomic mass is 16.5. The summed E-state index contributed by atoms with van der Waals surface area (Å²) in [6, 6.07) is 12.1. The molecule has 1 amide bonds. The Morgan fingerprint density at radius 2 is 2.03 bits per heavy atom. The van der Waals surface area contributed by atoms with E-state index in [-0.39, 0.29) is 17.4 Å². The number of amides is 1. The van der Waals surface area contributed by atoms with Crippen LogP contribution in [0.25, 0.3) is 0 Å². The molecule has 3 aromatic rings. The van der Waals surface area contributed by atoms with Gasteiger partial charge in [-0.3, -0.25) is 9.48 Å². The largest absolute Gasteiger partial charge is 0.465 e. The lowest BCUT2D eigenvalue weighted by molar-refractivity contribution is 0.0383. The summed E-state index contributed by atoms with van der Waals surface area (Å²) in [5.41, 5.74) is 3.73. The van der Waals surface area contributed by atoms with Crippen molar-refractivity contribution in [2.75, 3.05) is 13.2 Å². The predicted molar refractivity (Wildman–Crippen MR) is 115 cm³/mol. The number of rotatable bonds is 5. The Labute approximate surface area is 177 Å². The van der Waals surface area contributed by atoms with E-state index in [1.165, 1.54) is 11.1 Å². The maximum Gasteiger partial charge on any atom is 0.254 e. The van der Waals surface area contributed by atoms with Crippen LogP contribution in [0.3, 0.4) is 0 Å². The number of hydrogen-bond donors (Lipinski definition) is 1. The lowest BCUT2D eigenvalue weighted by Gasteiger charge is -2.22. The highest BCUT2D eigenvalue weighted by Crippen LogP contribution is 2.28. The normalized spacial score (nSPS) is 16.3. The van der Waals surface area contributed by atoms with Crippen molar-refractivity contribution in [3.8, 4) is 0 Å². The van der Waals surface area contributed by atoms with Gasteiger partial charge in [0, 0.05) is 18.2 Å². The molecule has 0 spiro atoms. The number of carbonyl (C=O) groups excluding carboxylic acids is 1. The zero-order valence-corrected chi connectivity index (χ0v) is 18.1. The van der Waals surface area contributed by atoms with Gasteiger partial charge in [0.25, 0.3) is 5.91 Å². The molecule has 0 saturated carbocycles. The summed E-state index contributed by atoms with van der Waals surface area (Å²) in [6.45, 7) is 9.75. The lowest BCUT2D eigenvalue weighted by Crippen LogP contribution is -2.32. The monoisotopic (exact) mass is 407 g/mol. The highest BCUT2D eigenvalue weighted by Gasteiger charge is 2.27. The molecule has 1 aliphatic rings. The zero-order valence-electron chi connectivity index (χ0n) is 18.1. The maximum absolute atomic E-state index is 12.8. The van der Waals surface area contributed by atoms with E-state index in [2.05, 4.69) is 44.4 Å². The van der Waals surface area contributed by atoms with Crippen molar-refractivity contribution in [3.63, 3.8) is 0 Å². The molecule has 1 N–H and O–H groups in total. The van der Waals surface area contributed by atoms with Crippen LogP contribution in [0.15, 0.2) is 47.0 Å². The Bertz CT molecular complexity index is 1030. The van der Waals surface area contributed by atoms with Crippen molar-refractivity contribution in [2.45, 2.75) is 52.2 Å². The minimum atomic E-state index is -0.246. The van der Waals surface area contributed by atoms with Crippen molar-refractivity contribution in [3.05, 3.63) is 76.5 Å². The summed E-state index contributed by atoms with van der Waals surface area (Å²) in [5.74, 6) is 1.29. The van der Waals surface area contributed by atoms with E-state index in [4.69, 9.17) is 14.3 Å². The second kappa shape index (κ2) is 8.11. The van der Waals surface area contributed by atoms with E-state index in [1.807, 2.05) is 35.9 Å². The van der Waals surface area contributed by atoms with Crippen LogP contribution < -0.4 is 5.32 Å². The molecule has 0 aliphatic carbocycles. The van der Waals surface area contributed by atoms with Crippen LogP contribution in [0.4, 0.5) is 0 Å². The number of aromatic nitrogens is 2. The van der Waals surface area contributed by atoms with Crippen LogP contribution in [0.1, 0.15) is 65.6 Å². The van der Waals surface area contributed by atoms with Gasteiger partial charge >= 0.3 is 0 Å². The molecular weight excluding hydrogens is 378 g/mol. The predicted octanol–water partition coefficient (Wildman–Crippen LogP) is 4.17. The zero-order chi connectivity index (χ0) is 21.3. The van der Waals surface area contributed by atoms with Crippen molar-refractivity contribution >= 4 is 5.91 Å². The Hall–Kier alpha value is -2.86. The molecule has 0 saturated heterocycles. The second-order valence-electron chi connectivity index (χ2n) is 8.87. The van der Waals surface area contributed by atoms with E-state index in [9.17, 15) is 4.79 Å². The smallest absolute Gasteiger partial charge is 0.254 e. The number of carbonyl (C=O) groups is 1. The molecular formula is C24H29N3O3. The van der Waals surface area contributed by atoms with Crippen LogP contribution in [-0.2, 0) is 23.1 Å². The average molecular weight is 408 g/mol. The number of furan rings is 1. The summed E-state index contributed by atoms with van der Waals surface area (Å²) in [7, 11) is 0. The first-order valence-electron chi connectivity index (χ1n) is 10.4. The summed E-state index contributed by atoms with van der Waals surface area (Å²) in [6.07, 6.45) is 2.68. The van der Waals surface area contributed by atoms with Crippen LogP contribution in [0.2, 0.25) is 0 Å². The van der Waals surface area contributed by atoms with Gasteiger partial charge in [-0.1, -0.05) is 51.1 Å². The van der Waals surface area contributed by atoms with Gasteiger partial charge in [-0.15, -0.1) is 0 Å². The van der Waals surface area contributed by atoms with Gasteiger partial charge in [0.1, 0.15) is 17.6 Å². The Balaban J connectivity index is 1.44. The molecule has 30 heavy (non-hydrogen) atoms. The number of benzene rings is 1. The Morgan fingerprint density at radius 1 is 1.27 bits per heavy atom. The number of nitrogens with one attached hydrogen (secondary N) is 1. The average Bonchev–Trinajstić information content (AvgIpc) is 3.30. The van der Waals surface area contributed by atoms with Gasteiger partial charge in [0.15, 0.2) is 0 Å². The minimum absolute atomic E-state index is 0.143. The molecule has 0 radical (unpaired) electrons. The standard InChI is InChI=1S/C24H29N3O3/c1-16-19(12-21(30-16)24(2,3)4)23(28)25-13-20-22-18(10-11-29-20)15-27(26-22)14-17-8-6-5-7-9-17/h5-9,12,15,20H,10-11,13-14H2,1-4H3,(H,25,28)/t20-/m1/s1. The van der Waals surface area contributed by atoms with Crippen molar-refractivity contribution < 1.29 is 13.9 Å². The van der Waals surface area contributed by atoms with Crippen molar-refractivity contribution in [1.82, 2.24) is 15.1 Å². The van der Waals surface area contributed by atoms with E-state index < -0.39 is 0 Å². The summed E-state index contributed by atoms with van der Waals surface area (Å²) < 4.78 is 13.7. The Morgan fingerprint density at radius 3 is 2.73 bits per heavy atom. The fourth-order valence-corrected chi connectivity index (χ4v) is 3.70. The van der Waals surface area contributed by atoms with Gasteiger partial charge in [-0.25, -0.2) is 0 Å². The van der Waals surface area contributed by atoms with E-state index in [1.54, 1.807) is 0 Å². The Kier molecular flexibility index (Phi) is 5.52. The molecule has 0 bridgehead atoms. The lowest BCUT2D eigenvalue weighted by atomic mass is 9.93. The van der Waals surface area contributed by atoms with Gasteiger partial charge in [0.2, 0.25) is 0 Å². The number of nitrogens with zero attached hydrogens (tertiary/aromatic N) is 2. The molecule has 6 heteroatoms. The highest BCUT2D eigenvalue weighted by molar-refractivity contribution is 5.95. The van der Waals surface area contributed by atoms with Crippen molar-refractivity contribution in [1.29, 1.82) is 0 Å². The van der Waals surface area contributed by atoms with E-state index in [0.717, 1.165) is 24.4 Å². The molecule has 1 aromatic carbocycles. The SMILES string of the molecule is Cc1oc(C(C)(C)C)cc1C(=O)NC[C@H]1OCCc2cn(Cc3ccccc3)nc21. The van der Waals surface area contributed by atoms with Crippen LogP contribution >= 0.6 is 0 Å². The van der Waals surface area contributed by atoms with E-state index in [0.29, 0.717) is 24.5 Å². The topological polar surface area (TPSA) is 69.3 Å². The third-order valence-electron chi connectivity index (χ3n) is 5.40. The first-order chi connectivity index (χ1) is 14.3. The maximum atomic E-state index is 12.8. The van der Waals surface area contributed by atoms with Gasteiger partial charge in [-0.05, 0) is 30.5 Å². The first-order valence-corrected chi connectivity index (χ1v) is 10.4. The molecule has 4 rings (SSSR count). The third kappa shape index (κ3) is 4.33. The molecule has 0 unspecified atom stereocenters. The van der Waals surface area contributed by atoms with Crippen LogP contribution in [0, 0.1) is 6.92 Å². The number of fused-ring (bicyclic) bond motifs is 1. The molecule has 6 nitrogen and oxygen atoms in total. The second-order valence-corrected chi connectivity index (χ2v) is 8.87. The van der Waals surface area contributed by atoms with E-state index >= 15 is 0 Å². The molecule has 158 valence electrons. The number of aryl methyl sites for hydroxylation is 1. The van der Waals surface area contributed by atoms with Gasteiger partial charge in [0.05, 0.1) is 24.4 Å². The van der Waals surface area contributed by atoms with Crippen LogP contribution in [-0.4, -0.2) is 28.8 Å². The fraction of sp³-hybridized carbons (Fsp3) is 0.417. The molecule has 1 atom stereocenters. The van der Waals surface area contributed by atoms with Crippen LogP contribution in [0.5, 0.6) is 0 Å². The van der Waals surface area contributed by atoms with Crippen molar-refractivity contribution in [2.24, 2.45) is 0 Å². The molecule has 3 heterocycles. The van der Waals surface area contributed by atoms with Gasteiger partial charge < -0.3 is 14.5 Å². The number of ether oxygens (including phenoxy) is 1. The van der Waals surface area contributed by atoms with Gasteiger partial charge in [-0.2, -0.15) is 5.10 Å². The summed E-state index contributed by atoms with van der Waals surface area (Å²) in [4.78, 5) is 12.8. The summed E-state index contributed by atoms with van der Waals surface area (Å²) >= 11 is 0. The molecule has 0 fully saturated rings. The minimum Gasteiger partial charge on any atom is -0.465 e. The summed E-state index contributed by atoms with van der Waals surface area (Å²) in [5, 5.41) is 7.75. The third-order valence-corrected chi connectivity index (χ3v) is 5.40. The number of hydrogen-bond acceptors (Lipinski definition) is 4. The fourth-order valence-electron chi connectivity index (χ4n) is 3.70. The first kappa shape index (κ1) is 20.4. The molecule has 2 aromatic heterocycles.